The Morgan fingerprint density at radius 1 is 1.06 bits per heavy atom. The highest BCUT2D eigenvalue weighted by atomic mass is 16.5. The first-order valence-corrected chi connectivity index (χ1v) is 6.61. The fraction of sp³-hybridized carbons (Fsp3) is 0.643. The van der Waals surface area contributed by atoms with Gasteiger partial charge in [-0.15, -0.1) is 0 Å². The Labute approximate surface area is 110 Å². The van der Waals surface area contributed by atoms with Crippen LogP contribution in [-0.4, -0.2) is 38.0 Å². The van der Waals surface area contributed by atoms with Gasteiger partial charge in [-0.05, 0) is 38.3 Å². The van der Waals surface area contributed by atoms with E-state index in [0.717, 1.165) is 31.6 Å². The number of nitrogens with zero attached hydrogens (tertiary/aromatic N) is 1. The predicted octanol–water partition coefficient (Wildman–Crippen LogP) is 1.70. The molecule has 0 aromatic carbocycles. The molecule has 0 spiro atoms. The minimum absolute atomic E-state index is 0.573. The van der Waals surface area contributed by atoms with Gasteiger partial charge in [0.15, 0.2) is 0 Å². The summed E-state index contributed by atoms with van der Waals surface area (Å²) in [5.41, 5.74) is 7.56. The van der Waals surface area contributed by atoms with Crippen molar-refractivity contribution in [2.24, 2.45) is 5.73 Å². The maximum absolute atomic E-state index is 5.46. The van der Waals surface area contributed by atoms with Crippen LogP contribution in [0.2, 0.25) is 0 Å². The second-order valence-corrected chi connectivity index (χ2v) is 4.24. The van der Waals surface area contributed by atoms with Crippen molar-refractivity contribution in [3.8, 4) is 0 Å². The van der Waals surface area contributed by atoms with Crippen molar-refractivity contribution in [3.63, 3.8) is 0 Å². The van der Waals surface area contributed by atoms with E-state index >= 15 is 0 Å². The van der Waals surface area contributed by atoms with Crippen LogP contribution in [0.25, 0.3) is 0 Å². The van der Waals surface area contributed by atoms with E-state index < -0.39 is 0 Å². The standard InChI is InChI=1S/C14H24N2O2/c1-13-5-4-7-14(16-13)6-2-3-9-17-11-12-18-10-8-15/h4-5,7H,2-3,6,8-12,15H2,1H3. The molecule has 1 aromatic rings. The van der Waals surface area contributed by atoms with Crippen LogP contribution in [0.15, 0.2) is 18.2 Å². The van der Waals surface area contributed by atoms with Crippen molar-refractivity contribution in [1.82, 2.24) is 4.98 Å². The Hall–Kier alpha value is -0.970. The van der Waals surface area contributed by atoms with E-state index in [9.17, 15) is 0 Å². The molecule has 0 unspecified atom stereocenters. The lowest BCUT2D eigenvalue weighted by Crippen LogP contribution is -2.12. The molecule has 1 aromatic heterocycles. The smallest absolute Gasteiger partial charge is 0.0701 e. The number of aryl methyl sites for hydroxylation is 2. The number of hydrogen-bond donors (Lipinski definition) is 1. The SMILES string of the molecule is Cc1cccc(CCCCOCCOCCN)n1. The number of unbranched alkanes of at least 4 members (excludes halogenated alkanes) is 1. The van der Waals surface area contributed by atoms with E-state index in [0.29, 0.717) is 26.4 Å². The van der Waals surface area contributed by atoms with Gasteiger partial charge in [-0.2, -0.15) is 0 Å². The van der Waals surface area contributed by atoms with Gasteiger partial charge in [0.25, 0.3) is 0 Å². The highest BCUT2D eigenvalue weighted by molar-refractivity contribution is 5.09. The molecule has 0 atom stereocenters. The van der Waals surface area contributed by atoms with Crippen LogP contribution in [0.1, 0.15) is 24.2 Å². The average molecular weight is 252 g/mol. The molecular formula is C14H24N2O2. The molecule has 0 aliphatic carbocycles. The second kappa shape index (κ2) is 10.00. The van der Waals surface area contributed by atoms with E-state index in [1.807, 2.05) is 13.0 Å². The molecule has 0 fully saturated rings. The van der Waals surface area contributed by atoms with Crippen LogP contribution in [0.5, 0.6) is 0 Å². The molecule has 0 amide bonds. The van der Waals surface area contributed by atoms with Gasteiger partial charge in [-0.1, -0.05) is 6.07 Å². The lowest BCUT2D eigenvalue weighted by molar-refractivity contribution is 0.0494. The molecule has 0 saturated heterocycles. The van der Waals surface area contributed by atoms with Gasteiger partial charge in [0.05, 0.1) is 19.8 Å². The van der Waals surface area contributed by atoms with Gasteiger partial charge < -0.3 is 15.2 Å². The van der Waals surface area contributed by atoms with Crippen molar-refractivity contribution in [2.75, 3.05) is 33.0 Å². The van der Waals surface area contributed by atoms with Crippen LogP contribution in [0.4, 0.5) is 0 Å². The van der Waals surface area contributed by atoms with Gasteiger partial charge in [0, 0.05) is 24.5 Å². The highest BCUT2D eigenvalue weighted by Crippen LogP contribution is 2.03. The largest absolute Gasteiger partial charge is 0.379 e. The number of hydrogen-bond acceptors (Lipinski definition) is 4. The molecular weight excluding hydrogens is 228 g/mol. The number of rotatable bonds is 10. The first-order valence-electron chi connectivity index (χ1n) is 6.61. The number of ether oxygens (including phenoxy) is 2. The van der Waals surface area contributed by atoms with Gasteiger partial charge in [0.2, 0.25) is 0 Å². The maximum Gasteiger partial charge on any atom is 0.0701 e. The maximum atomic E-state index is 5.46. The second-order valence-electron chi connectivity index (χ2n) is 4.24. The van der Waals surface area contributed by atoms with Gasteiger partial charge in [-0.25, -0.2) is 0 Å². The number of nitrogens with two attached hydrogens (primary N) is 1. The molecule has 4 nitrogen and oxygen atoms in total. The molecule has 0 radical (unpaired) electrons. The molecule has 102 valence electrons. The summed E-state index contributed by atoms with van der Waals surface area (Å²) in [5.74, 6) is 0. The molecule has 4 heteroatoms. The lowest BCUT2D eigenvalue weighted by Gasteiger charge is -2.05. The first kappa shape index (κ1) is 15.1. The Kier molecular flexibility index (Phi) is 8.38. The molecule has 0 aliphatic rings. The third-order valence-corrected chi connectivity index (χ3v) is 2.55. The summed E-state index contributed by atoms with van der Waals surface area (Å²) in [6.45, 7) is 5.29. The Morgan fingerprint density at radius 3 is 2.56 bits per heavy atom. The van der Waals surface area contributed by atoms with Gasteiger partial charge in [0.1, 0.15) is 0 Å². The Bertz CT molecular complexity index is 318. The monoisotopic (exact) mass is 252 g/mol. The first-order chi connectivity index (χ1) is 8.83. The van der Waals surface area contributed by atoms with Gasteiger partial charge >= 0.3 is 0 Å². The fourth-order valence-corrected chi connectivity index (χ4v) is 1.65. The molecule has 0 saturated carbocycles. The van der Waals surface area contributed by atoms with Gasteiger partial charge in [-0.3, -0.25) is 4.98 Å². The summed E-state index contributed by atoms with van der Waals surface area (Å²) in [6, 6.07) is 6.16. The zero-order valence-electron chi connectivity index (χ0n) is 11.2. The average Bonchev–Trinajstić information content (AvgIpc) is 2.37. The third-order valence-electron chi connectivity index (χ3n) is 2.55. The van der Waals surface area contributed by atoms with Crippen molar-refractivity contribution in [3.05, 3.63) is 29.6 Å². The minimum atomic E-state index is 0.573. The topological polar surface area (TPSA) is 57.4 Å². The van der Waals surface area contributed by atoms with E-state index in [4.69, 9.17) is 15.2 Å². The van der Waals surface area contributed by atoms with E-state index in [-0.39, 0.29) is 0 Å². The fourth-order valence-electron chi connectivity index (χ4n) is 1.65. The summed E-state index contributed by atoms with van der Waals surface area (Å²) in [4.78, 5) is 4.47. The van der Waals surface area contributed by atoms with Crippen molar-refractivity contribution in [2.45, 2.75) is 26.2 Å². The van der Waals surface area contributed by atoms with Crippen molar-refractivity contribution in [1.29, 1.82) is 0 Å². The minimum Gasteiger partial charge on any atom is -0.379 e. The Balaban J connectivity index is 1.92. The van der Waals surface area contributed by atoms with Crippen LogP contribution in [0, 0.1) is 6.92 Å². The van der Waals surface area contributed by atoms with Crippen LogP contribution in [0.3, 0.4) is 0 Å². The highest BCUT2D eigenvalue weighted by Gasteiger charge is 1.96. The summed E-state index contributed by atoms with van der Waals surface area (Å²) < 4.78 is 10.7. The van der Waals surface area contributed by atoms with Crippen molar-refractivity contribution < 1.29 is 9.47 Å². The van der Waals surface area contributed by atoms with Crippen LogP contribution < -0.4 is 5.73 Å². The normalized spacial score (nSPS) is 10.8. The number of aromatic nitrogens is 1. The third kappa shape index (κ3) is 7.37. The van der Waals surface area contributed by atoms with Crippen LogP contribution in [-0.2, 0) is 15.9 Å². The lowest BCUT2D eigenvalue weighted by atomic mass is 10.2. The zero-order valence-corrected chi connectivity index (χ0v) is 11.2. The predicted molar refractivity (Wildman–Crippen MR) is 72.6 cm³/mol. The molecule has 0 aliphatic heterocycles. The summed E-state index contributed by atoms with van der Waals surface area (Å²) in [6.07, 6.45) is 3.20. The molecule has 0 bridgehead atoms. The quantitative estimate of drug-likeness (QED) is 0.644. The summed E-state index contributed by atoms with van der Waals surface area (Å²) >= 11 is 0. The van der Waals surface area contributed by atoms with E-state index in [2.05, 4.69) is 17.1 Å². The summed E-state index contributed by atoms with van der Waals surface area (Å²) in [7, 11) is 0. The van der Waals surface area contributed by atoms with Crippen LogP contribution >= 0.6 is 0 Å². The molecule has 2 N–H and O–H groups in total. The molecule has 1 rings (SSSR count). The van der Waals surface area contributed by atoms with E-state index in [1.54, 1.807) is 0 Å². The van der Waals surface area contributed by atoms with Crippen molar-refractivity contribution >= 4 is 0 Å². The zero-order chi connectivity index (χ0) is 13.1. The summed E-state index contributed by atoms with van der Waals surface area (Å²) in [5, 5.41) is 0. The molecule has 18 heavy (non-hydrogen) atoms. The number of pyridine rings is 1. The molecule has 1 heterocycles. The Morgan fingerprint density at radius 2 is 1.83 bits per heavy atom. The van der Waals surface area contributed by atoms with E-state index in [1.165, 1.54) is 5.69 Å².